The highest BCUT2D eigenvalue weighted by Gasteiger charge is 2.30. The second kappa shape index (κ2) is 16.1. The van der Waals surface area contributed by atoms with Gasteiger partial charge in [0.1, 0.15) is 18.1 Å². The largest absolute Gasteiger partial charge is 0.480 e. The summed E-state index contributed by atoms with van der Waals surface area (Å²) in [5.41, 5.74) is 15.9. The van der Waals surface area contributed by atoms with Crippen LogP contribution in [0.15, 0.2) is 0 Å². The second-order valence-electron chi connectivity index (χ2n) is 7.10. The van der Waals surface area contributed by atoms with E-state index in [4.69, 9.17) is 22.3 Å². The number of rotatable bonds is 17. The molecule has 13 nitrogen and oxygen atoms in total. The number of carboxylic acids is 1. The Morgan fingerprint density at radius 1 is 0.818 bits per heavy atom. The zero-order chi connectivity index (χ0) is 25.6. The van der Waals surface area contributed by atoms with E-state index in [0.29, 0.717) is 5.75 Å². The summed E-state index contributed by atoms with van der Waals surface area (Å²) < 4.78 is 0. The Balaban J connectivity index is 5.40. The topological polar surface area (TPSA) is 237 Å². The van der Waals surface area contributed by atoms with Gasteiger partial charge in [-0.1, -0.05) is 0 Å². The molecule has 0 aliphatic carbocycles. The molecular weight excluding hydrogens is 476 g/mol. The minimum absolute atomic E-state index is 0.0119. The molecule has 0 saturated carbocycles. The molecule has 15 heteroatoms. The van der Waals surface area contributed by atoms with Crippen LogP contribution in [0.1, 0.15) is 32.1 Å². The fourth-order valence-corrected chi connectivity index (χ4v) is 3.22. The van der Waals surface area contributed by atoms with Gasteiger partial charge in [0.25, 0.3) is 0 Å². The van der Waals surface area contributed by atoms with E-state index in [1.54, 1.807) is 6.26 Å². The van der Waals surface area contributed by atoms with Crippen LogP contribution in [0.25, 0.3) is 0 Å². The first kappa shape index (κ1) is 30.5. The summed E-state index contributed by atoms with van der Waals surface area (Å²) in [5, 5.41) is 16.2. The lowest BCUT2D eigenvalue weighted by Gasteiger charge is -2.24. The van der Waals surface area contributed by atoms with Gasteiger partial charge in [-0.25, -0.2) is 4.79 Å². The smallest absolute Gasteiger partial charge is 0.327 e. The number of nitrogens with two attached hydrogens (primary N) is 3. The van der Waals surface area contributed by atoms with Crippen LogP contribution in [-0.4, -0.2) is 82.5 Å². The van der Waals surface area contributed by atoms with Gasteiger partial charge < -0.3 is 38.3 Å². The zero-order valence-corrected chi connectivity index (χ0v) is 20.0. The Bertz CT molecular complexity index is 724. The lowest BCUT2D eigenvalue weighted by Crippen LogP contribution is -2.57. The first-order valence-electron chi connectivity index (χ1n) is 9.98. The van der Waals surface area contributed by atoms with Crippen LogP contribution < -0.4 is 33.2 Å². The van der Waals surface area contributed by atoms with Crippen LogP contribution >= 0.6 is 24.4 Å². The Morgan fingerprint density at radius 2 is 1.27 bits per heavy atom. The van der Waals surface area contributed by atoms with Gasteiger partial charge >= 0.3 is 5.97 Å². The Hall–Kier alpha value is -2.52. The predicted octanol–water partition coefficient (Wildman–Crippen LogP) is -2.93. The molecule has 33 heavy (non-hydrogen) atoms. The number of hydrogen-bond donors (Lipinski definition) is 8. The third-order valence-electron chi connectivity index (χ3n) is 4.39. The van der Waals surface area contributed by atoms with E-state index in [1.807, 2.05) is 0 Å². The molecule has 0 aromatic carbocycles. The first-order chi connectivity index (χ1) is 15.4. The number of thioether (sulfide) groups is 1. The molecule has 0 heterocycles. The maximum atomic E-state index is 12.8. The van der Waals surface area contributed by atoms with E-state index in [9.17, 15) is 28.8 Å². The van der Waals surface area contributed by atoms with Crippen LogP contribution in [0.2, 0.25) is 0 Å². The van der Waals surface area contributed by atoms with E-state index >= 15 is 0 Å². The lowest BCUT2D eigenvalue weighted by molar-refractivity contribution is -0.141. The van der Waals surface area contributed by atoms with Crippen LogP contribution in [0.3, 0.4) is 0 Å². The molecule has 0 aliphatic rings. The number of carbonyl (C=O) groups excluding carboxylic acids is 5. The Labute approximate surface area is 201 Å². The summed E-state index contributed by atoms with van der Waals surface area (Å²) >= 11 is 5.28. The van der Waals surface area contributed by atoms with Crippen molar-refractivity contribution in [2.24, 2.45) is 17.2 Å². The molecule has 0 rings (SSSR count). The van der Waals surface area contributed by atoms with Gasteiger partial charge in [-0.15, -0.1) is 0 Å². The molecule has 0 radical (unpaired) electrons. The molecule has 0 spiro atoms. The molecule has 0 bridgehead atoms. The third-order valence-corrected chi connectivity index (χ3v) is 5.40. The summed E-state index contributed by atoms with van der Waals surface area (Å²) in [5.74, 6) is -4.66. The molecule has 0 aromatic heterocycles. The van der Waals surface area contributed by atoms with Crippen LogP contribution in [0.4, 0.5) is 0 Å². The quantitative estimate of drug-likeness (QED) is 0.0937. The van der Waals surface area contributed by atoms with Crippen molar-refractivity contribution in [3.8, 4) is 0 Å². The summed E-state index contributed by atoms with van der Waals surface area (Å²) in [6.07, 6.45) is 1.43. The van der Waals surface area contributed by atoms with E-state index in [2.05, 4.69) is 28.6 Å². The van der Waals surface area contributed by atoms with Gasteiger partial charge in [-0.2, -0.15) is 24.4 Å². The SMILES string of the molecule is CSCCC(NC(=O)C(N)CCC(N)=O)C(=O)NC(CCC(N)=O)C(=O)NC(CS)C(=O)O. The van der Waals surface area contributed by atoms with E-state index in [0.717, 1.165) is 0 Å². The standard InChI is InChI=1S/C18H32N6O7S2/c1-33-7-6-11(22-15(27)9(19)2-4-13(20)25)17(29)23-10(3-5-14(21)26)16(28)24-12(8-32)18(30)31/h9-12,32H,2-8,19H2,1H3,(H2,20,25)(H2,21,26)(H,22,27)(H,23,29)(H,24,28)(H,30,31). The monoisotopic (exact) mass is 508 g/mol. The molecule has 0 aromatic rings. The van der Waals surface area contributed by atoms with Crippen molar-refractivity contribution in [1.82, 2.24) is 16.0 Å². The third kappa shape index (κ3) is 12.9. The van der Waals surface area contributed by atoms with Crippen LogP contribution in [0, 0.1) is 0 Å². The summed E-state index contributed by atoms with van der Waals surface area (Å²) in [6.45, 7) is 0. The summed E-state index contributed by atoms with van der Waals surface area (Å²) in [6, 6.07) is -4.76. The minimum atomic E-state index is -1.33. The maximum Gasteiger partial charge on any atom is 0.327 e. The van der Waals surface area contributed by atoms with Crippen molar-refractivity contribution in [2.75, 3.05) is 17.8 Å². The number of thiol groups is 1. The Kier molecular flexibility index (Phi) is 14.9. The predicted molar refractivity (Wildman–Crippen MR) is 125 cm³/mol. The molecule has 5 amide bonds. The number of aliphatic carboxylic acids is 1. The molecule has 188 valence electrons. The van der Waals surface area contributed by atoms with Crippen molar-refractivity contribution in [3.63, 3.8) is 0 Å². The fraction of sp³-hybridized carbons (Fsp3) is 0.667. The normalized spacial score (nSPS) is 14.3. The van der Waals surface area contributed by atoms with Crippen molar-refractivity contribution < 1.29 is 33.9 Å². The second-order valence-corrected chi connectivity index (χ2v) is 8.45. The summed E-state index contributed by atoms with van der Waals surface area (Å²) in [4.78, 5) is 71.0. The number of primary amides is 2. The van der Waals surface area contributed by atoms with Crippen molar-refractivity contribution in [1.29, 1.82) is 0 Å². The lowest BCUT2D eigenvalue weighted by atomic mass is 10.1. The molecule has 0 fully saturated rings. The highest BCUT2D eigenvalue weighted by Crippen LogP contribution is 2.06. The van der Waals surface area contributed by atoms with Gasteiger partial charge in [0.05, 0.1) is 6.04 Å². The van der Waals surface area contributed by atoms with Gasteiger partial charge in [-0.3, -0.25) is 24.0 Å². The van der Waals surface area contributed by atoms with Crippen molar-refractivity contribution in [3.05, 3.63) is 0 Å². The van der Waals surface area contributed by atoms with E-state index < -0.39 is 59.7 Å². The molecular formula is C18H32N6O7S2. The van der Waals surface area contributed by atoms with Gasteiger partial charge in [-0.05, 0) is 31.3 Å². The average Bonchev–Trinajstić information content (AvgIpc) is 2.74. The molecule has 10 N–H and O–H groups in total. The summed E-state index contributed by atoms with van der Waals surface area (Å²) in [7, 11) is 0. The van der Waals surface area contributed by atoms with Crippen LogP contribution in [0.5, 0.6) is 0 Å². The number of nitrogens with one attached hydrogen (secondary N) is 3. The number of carbonyl (C=O) groups is 6. The molecule has 4 unspecified atom stereocenters. The van der Waals surface area contributed by atoms with E-state index in [1.165, 1.54) is 11.8 Å². The highest BCUT2D eigenvalue weighted by molar-refractivity contribution is 7.98. The zero-order valence-electron chi connectivity index (χ0n) is 18.2. The average molecular weight is 509 g/mol. The molecule has 0 saturated heterocycles. The number of amides is 5. The Morgan fingerprint density at radius 3 is 1.73 bits per heavy atom. The maximum absolute atomic E-state index is 12.8. The van der Waals surface area contributed by atoms with Gasteiger partial charge in [0.15, 0.2) is 0 Å². The molecule has 4 atom stereocenters. The van der Waals surface area contributed by atoms with Gasteiger partial charge in [0.2, 0.25) is 29.5 Å². The minimum Gasteiger partial charge on any atom is -0.480 e. The molecule has 0 aliphatic heterocycles. The highest BCUT2D eigenvalue weighted by atomic mass is 32.2. The van der Waals surface area contributed by atoms with Crippen LogP contribution in [-0.2, 0) is 28.8 Å². The number of carboxylic acid groups (broad SMARTS) is 1. The first-order valence-corrected chi connectivity index (χ1v) is 12.0. The fourth-order valence-electron chi connectivity index (χ4n) is 2.50. The van der Waals surface area contributed by atoms with Crippen molar-refractivity contribution >= 4 is 59.9 Å². The van der Waals surface area contributed by atoms with Gasteiger partial charge in [0, 0.05) is 18.6 Å². The van der Waals surface area contributed by atoms with E-state index in [-0.39, 0.29) is 37.9 Å². The van der Waals surface area contributed by atoms with Crippen molar-refractivity contribution in [2.45, 2.75) is 56.3 Å². The number of hydrogen-bond acceptors (Lipinski definition) is 9.